The van der Waals surface area contributed by atoms with E-state index in [1.807, 2.05) is 0 Å². The summed E-state index contributed by atoms with van der Waals surface area (Å²) in [6.45, 7) is 0. The number of halogens is 2. The molecule has 0 nitrogen and oxygen atoms in total. The quantitative estimate of drug-likeness (QED) is 0.135. The van der Waals surface area contributed by atoms with E-state index in [0.717, 1.165) is 64.6 Å². The van der Waals surface area contributed by atoms with E-state index in [1.165, 1.54) is 44.5 Å². The van der Waals surface area contributed by atoms with Crippen LogP contribution in [0.5, 0.6) is 0 Å². The molecule has 0 aliphatic carbocycles. The van der Waals surface area contributed by atoms with Crippen LogP contribution in [0.15, 0.2) is 252 Å². The van der Waals surface area contributed by atoms with Crippen LogP contribution in [0.2, 0.25) is 0 Å². The molecule has 0 amide bonds. The molecule has 0 heterocycles. The Labute approximate surface area is 381 Å². The van der Waals surface area contributed by atoms with Crippen molar-refractivity contribution < 1.29 is 0 Å². The average Bonchev–Trinajstić information content (AvgIpc) is 3.35. The van der Waals surface area contributed by atoms with Crippen LogP contribution in [0.25, 0.3) is 100 Å². The van der Waals surface area contributed by atoms with E-state index in [-0.39, 0.29) is 0 Å². The average molecular weight is 921 g/mol. The molecule has 0 aliphatic heterocycles. The maximum Gasteiger partial charge on any atom is 0.0260 e. The van der Waals surface area contributed by atoms with Gasteiger partial charge in [-0.25, -0.2) is 0 Å². The number of hydrogen-bond donors (Lipinski definition) is 0. The van der Waals surface area contributed by atoms with Gasteiger partial charge in [0.25, 0.3) is 0 Å². The van der Waals surface area contributed by atoms with E-state index in [2.05, 4.69) is 275 Å². The predicted molar refractivity (Wildman–Crippen MR) is 271 cm³/mol. The van der Waals surface area contributed by atoms with Gasteiger partial charge in [-0.15, -0.1) is 0 Å². The summed E-state index contributed by atoms with van der Waals surface area (Å²) in [4.78, 5) is 0. The summed E-state index contributed by atoms with van der Waals surface area (Å²) in [5.74, 6) is 0. The molecule has 0 aromatic heterocycles. The molecule has 0 bridgehead atoms. The molecule has 0 N–H and O–H groups in total. The second-order valence-electron chi connectivity index (χ2n) is 15.5. The first-order chi connectivity index (χ1) is 30.6. The molecule has 0 atom stereocenters. The van der Waals surface area contributed by atoms with Crippen LogP contribution in [0.4, 0.5) is 0 Å². The predicted octanol–water partition coefficient (Wildman–Crippen LogP) is 18.2. The van der Waals surface area contributed by atoms with Crippen molar-refractivity contribution in [1.29, 1.82) is 0 Å². The van der Waals surface area contributed by atoms with Gasteiger partial charge in [-0.1, -0.05) is 250 Å². The lowest BCUT2D eigenvalue weighted by Crippen LogP contribution is -1.94. The molecule has 0 saturated heterocycles. The van der Waals surface area contributed by atoms with Gasteiger partial charge < -0.3 is 0 Å². The van der Waals surface area contributed by atoms with E-state index >= 15 is 0 Å². The second-order valence-corrected chi connectivity index (χ2v) is 17.2. The standard InChI is InChI=1S/C60H40Br2/c61-59-39-53(49-29-21-45(22-30-49)41-13-5-1-6-14-41)57(37-55(59)51-33-25-47(26-34-51)43-17-9-3-10-18-43)58-38-56(52-35-27-48(28-36-52)44-19-11-4-12-20-44)60(62)40-54(58)50-31-23-46(24-32-50)42-15-7-2-8-16-42/h1-40H. The fourth-order valence-electron chi connectivity index (χ4n) is 8.40. The maximum atomic E-state index is 4.08. The zero-order valence-corrected chi connectivity index (χ0v) is 37.0. The summed E-state index contributed by atoms with van der Waals surface area (Å²) in [6.07, 6.45) is 0. The van der Waals surface area contributed by atoms with Crippen molar-refractivity contribution in [3.63, 3.8) is 0 Å². The molecule has 62 heavy (non-hydrogen) atoms. The van der Waals surface area contributed by atoms with Gasteiger partial charge in [0, 0.05) is 8.95 Å². The first-order valence-electron chi connectivity index (χ1n) is 20.9. The highest BCUT2D eigenvalue weighted by Crippen LogP contribution is 2.47. The Hall–Kier alpha value is -6.84. The van der Waals surface area contributed by atoms with Gasteiger partial charge in [0.2, 0.25) is 0 Å². The lowest BCUT2D eigenvalue weighted by Gasteiger charge is -2.21. The van der Waals surface area contributed by atoms with E-state index in [9.17, 15) is 0 Å². The molecule has 0 aliphatic rings. The third-order valence-electron chi connectivity index (χ3n) is 11.7. The van der Waals surface area contributed by atoms with E-state index in [0.29, 0.717) is 0 Å². The number of benzene rings is 10. The molecule has 2 heteroatoms. The van der Waals surface area contributed by atoms with Gasteiger partial charge in [0.05, 0.1) is 0 Å². The van der Waals surface area contributed by atoms with Gasteiger partial charge in [0.1, 0.15) is 0 Å². The summed E-state index contributed by atoms with van der Waals surface area (Å²) >= 11 is 8.15. The van der Waals surface area contributed by atoms with Crippen LogP contribution >= 0.6 is 31.9 Å². The van der Waals surface area contributed by atoms with Crippen molar-refractivity contribution in [3.8, 4) is 100 Å². The number of hydrogen-bond acceptors (Lipinski definition) is 0. The van der Waals surface area contributed by atoms with Gasteiger partial charge in [0.15, 0.2) is 0 Å². The first-order valence-corrected chi connectivity index (χ1v) is 22.5. The lowest BCUT2D eigenvalue weighted by molar-refractivity contribution is 1.51. The normalized spacial score (nSPS) is 11.1. The molecule has 294 valence electrons. The minimum Gasteiger partial charge on any atom is -0.0622 e. The van der Waals surface area contributed by atoms with Crippen LogP contribution in [0.1, 0.15) is 0 Å². The Kier molecular flexibility index (Phi) is 11.2. The maximum absolute atomic E-state index is 4.08. The van der Waals surface area contributed by atoms with Crippen LogP contribution in [0, 0.1) is 0 Å². The monoisotopic (exact) mass is 918 g/mol. The molecule has 10 aromatic carbocycles. The van der Waals surface area contributed by atoms with Crippen LogP contribution in [-0.4, -0.2) is 0 Å². The van der Waals surface area contributed by atoms with Crippen molar-refractivity contribution in [1.82, 2.24) is 0 Å². The van der Waals surface area contributed by atoms with Crippen molar-refractivity contribution in [3.05, 3.63) is 252 Å². The molecule has 0 fully saturated rings. The SMILES string of the molecule is Brc1cc(-c2ccc(-c3ccccc3)cc2)c(-c2cc(-c3ccc(-c4ccccc4)cc3)c(Br)cc2-c2ccc(-c3ccccc3)cc2)cc1-c1ccc(-c2ccccc2)cc1. The molecule has 0 spiro atoms. The largest absolute Gasteiger partial charge is 0.0622 e. The Morgan fingerprint density at radius 1 is 0.161 bits per heavy atom. The number of rotatable bonds is 9. The van der Waals surface area contributed by atoms with Gasteiger partial charge in [-0.3, -0.25) is 0 Å². The zero-order chi connectivity index (χ0) is 41.8. The Balaban J connectivity index is 1.17. The Morgan fingerprint density at radius 3 is 0.597 bits per heavy atom. The van der Waals surface area contributed by atoms with Gasteiger partial charge in [-0.05, 0) is 124 Å². The molecular weight excluding hydrogens is 880 g/mol. The van der Waals surface area contributed by atoms with Crippen LogP contribution in [-0.2, 0) is 0 Å². The summed E-state index contributed by atoms with van der Waals surface area (Å²) in [7, 11) is 0. The molecule has 0 unspecified atom stereocenters. The molecule has 0 saturated carbocycles. The van der Waals surface area contributed by atoms with E-state index in [4.69, 9.17) is 0 Å². The van der Waals surface area contributed by atoms with Crippen LogP contribution < -0.4 is 0 Å². The third-order valence-corrected chi connectivity index (χ3v) is 13.0. The first kappa shape index (κ1) is 39.3. The summed E-state index contributed by atoms with van der Waals surface area (Å²) < 4.78 is 2.08. The third kappa shape index (κ3) is 8.16. The molecule has 10 rings (SSSR count). The topological polar surface area (TPSA) is 0 Å². The van der Waals surface area contributed by atoms with Gasteiger partial charge in [-0.2, -0.15) is 0 Å². The minimum absolute atomic E-state index is 1.04. The van der Waals surface area contributed by atoms with E-state index < -0.39 is 0 Å². The summed E-state index contributed by atoms with van der Waals surface area (Å²) in [5, 5.41) is 0. The summed E-state index contributed by atoms with van der Waals surface area (Å²) in [6, 6.07) is 87.6. The molecular formula is C60H40Br2. The lowest BCUT2D eigenvalue weighted by atomic mass is 9.85. The highest BCUT2D eigenvalue weighted by molar-refractivity contribution is 9.11. The fourth-order valence-corrected chi connectivity index (χ4v) is 9.55. The highest BCUT2D eigenvalue weighted by atomic mass is 79.9. The van der Waals surface area contributed by atoms with Crippen molar-refractivity contribution in [2.45, 2.75) is 0 Å². The summed E-state index contributed by atoms with van der Waals surface area (Å²) in [5.41, 5.74) is 21.0. The van der Waals surface area contributed by atoms with Crippen molar-refractivity contribution in [2.75, 3.05) is 0 Å². The Morgan fingerprint density at radius 2 is 0.355 bits per heavy atom. The Bertz CT molecular complexity index is 2890. The zero-order valence-electron chi connectivity index (χ0n) is 33.8. The smallest absolute Gasteiger partial charge is 0.0260 e. The van der Waals surface area contributed by atoms with Crippen LogP contribution in [0.3, 0.4) is 0 Å². The highest BCUT2D eigenvalue weighted by Gasteiger charge is 2.20. The van der Waals surface area contributed by atoms with Crippen molar-refractivity contribution in [2.24, 2.45) is 0 Å². The fraction of sp³-hybridized carbons (Fsp3) is 0. The second kappa shape index (κ2) is 17.6. The molecule has 0 radical (unpaired) electrons. The minimum atomic E-state index is 1.04. The molecule has 10 aromatic rings. The van der Waals surface area contributed by atoms with E-state index in [1.54, 1.807) is 0 Å². The van der Waals surface area contributed by atoms with Gasteiger partial charge >= 0.3 is 0 Å². The van der Waals surface area contributed by atoms with Crippen molar-refractivity contribution >= 4 is 31.9 Å².